The molecule has 1 heterocycles. The molecule has 0 saturated carbocycles. The zero-order valence-corrected chi connectivity index (χ0v) is 17.0. The molecule has 0 aliphatic carbocycles. The van der Waals surface area contributed by atoms with Gasteiger partial charge in [0.25, 0.3) is 0 Å². The second-order valence-corrected chi connectivity index (χ2v) is 6.58. The van der Waals surface area contributed by atoms with Gasteiger partial charge in [0.2, 0.25) is 0 Å². The third kappa shape index (κ3) is 4.53. The van der Waals surface area contributed by atoms with E-state index in [-0.39, 0.29) is 19.0 Å². The van der Waals surface area contributed by atoms with Crippen molar-refractivity contribution in [3.05, 3.63) is 70.7 Å². The first-order chi connectivity index (χ1) is 14.4. The maximum absolute atomic E-state index is 13.9. The summed E-state index contributed by atoms with van der Waals surface area (Å²) in [5.41, 5.74) is 2.00. The number of halogens is 1. The molecule has 2 N–H and O–H groups in total. The maximum Gasteiger partial charge on any atom is 0.338 e. The molecule has 0 unspecified atom stereocenters. The average Bonchev–Trinajstić information content (AvgIpc) is 2.72. The topological polar surface area (TPSA) is 85.9 Å². The molecule has 2 aromatic carbocycles. The Hall–Kier alpha value is -3.55. The van der Waals surface area contributed by atoms with Crippen LogP contribution in [0.25, 0.3) is 0 Å². The molecule has 0 radical (unpaired) electrons. The lowest BCUT2D eigenvalue weighted by atomic mass is 9.94. The zero-order chi connectivity index (χ0) is 21.7. The van der Waals surface area contributed by atoms with E-state index in [9.17, 15) is 14.0 Å². The van der Waals surface area contributed by atoms with Gasteiger partial charge < -0.3 is 24.8 Å². The number of hydrogen-bond acceptors (Lipinski definition) is 5. The van der Waals surface area contributed by atoms with E-state index >= 15 is 0 Å². The Morgan fingerprint density at radius 1 is 1.17 bits per heavy atom. The molecule has 1 aliphatic heterocycles. The van der Waals surface area contributed by atoms with Crippen molar-refractivity contribution in [2.75, 3.05) is 13.7 Å². The molecule has 0 aromatic heterocycles. The summed E-state index contributed by atoms with van der Waals surface area (Å²) >= 11 is 0. The van der Waals surface area contributed by atoms with Crippen molar-refractivity contribution in [1.82, 2.24) is 10.6 Å². The molecule has 0 spiro atoms. The zero-order valence-electron chi connectivity index (χ0n) is 17.0. The van der Waals surface area contributed by atoms with Crippen LogP contribution in [0.5, 0.6) is 11.5 Å². The number of amides is 2. The summed E-state index contributed by atoms with van der Waals surface area (Å²) < 4.78 is 30.0. The fourth-order valence-electron chi connectivity index (χ4n) is 3.23. The first-order valence-corrected chi connectivity index (χ1v) is 9.44. The molecule has 3 rings (SSSR count). The molecule has 2 aromatic rings. The number of para-hydroxylation sites is 1. The molecule has 8 heteroatoms. The lowest BCUT2D eigenvalue weighted by Crippen LogP contribution is -2.45. The second-order valence-electron chi connectivity index (χ2n) is 6.58. The number of rotatable bonds is 7. The van der Waals surface area contributed by atoms with E-state index in [1.54, 1.807) is 44.2 Å². The number of ether oxygens (including phenoxy) is 3. The Morgan fingerprint density at radius 2 is 1.93 bits per heavy atom. The van der Waals surface area contributed by atoms with Gasteiger partial charge in [-0.3, -0.25) is 0 Å². The van der Waals surface area contributed by atoms with Crippen molar-refractivity contribution in [3.63, 3.8) is 0 Å². The molecule has 0 saturated heterocycles. The highest BCUT2D eigenvalue weighted by Crippen LogP contribution is 2.31. The lowest BCUT2D eigenvalue weighted by Gasteiger charge is -2.28. The summed E-state index contributed by atoms with van der Waals surface area (Å²) in [5.74, 6) is -0.342. The van der Waals surface area contributed by atoms with Crippen LogP contribution >= 0.6 is 0 Å². The van der Waals surface area contributed by atoms with Gasteiger partial charge in [-0.2, -0.15) is 0 Å². The van der Waals surface area contributed by atoms with Crippen LogP contribution in [-0.2, 0) is 16.1 Å². The summed E-state index contributed by atoms with van der Waals surface area (Å²) in [7, 11) is 1.52. The van der Waals surface area contributed by atoms with Gasteiger partial charge in [0.15, 0.2) is 11.6 Å². The Kier molecular flexibility index (Phi) is 6.56. The van der Waals surface area contributed by atoms with Crippen molar-refractivity contribution in [3.8, 4) is 11.5 Å². The van der Waals surface area contributed by atoms with E-state index < -0.39 is 23.9 Å². The fraction of sp³-hybridized carbons (Fsp3) is 0.273. The number of methoxy groups -OCH3 is 1. The normalized spacial score (nSPS) is 15.9. The Labute approximate surface area is 173 Å². The van der Waals surface area contributed by atoms with E-state index in [1.165, 1.54) is 19.2 Å². The molecular formula is C22H23FN2O5. The third-order valence-electron chi connectivity index (χ3n) is 4.62. The van der Waals surface area contributed by atoms with Gasteiger partial charge >= 0.3 is 12.0 Å². The first kappa shape index (κ1) is 21.2. The van der Waals surface area contributed by atoms with Crippen LogP contribution in [0.3, 0.4) is 0 Å². The monoisotopic (exact) mass is 414 g/mol. The van der Waals surface area contributed by atoms with E-state index in [0.29, 0.717) is 28.1 Å². The SMILES string of the molecule is CCOC(=O)C1=C(C)NC(=O)N[C@@H]1c1ccc(OC)c(COc2ccccc2F)c1. The van der Waals surface area contributed by atoms with Crippen LogP contribution in [-0.4, -0.2) is 25.7 Å². The van der Waals surface area contributed by atoms with Gasteiger partial charge in [-0.1, -0.05) is 18.2 Å². The summed E-state index contributed by atoms with van der Waals surface area (Å²) in [6.07, 6.45) is 0. The van der Waals surface area contributed by atoms with Gasteiger partial charge in [0.05, 0.1) is 25.3 Å². The number of hydrogen-bond donors (Lipinski definition) is 2. The third-order valence-corrected chi connectivity index (χ3v) is 4.62. The molecule has 158 valence electrons. The number of esters is 1. The summed E-state index contributed by atoms with van der Waals surface area (Å²) in [6.45, 7) is 3.60. The predicted octanol–water partition coefficient (Wildman–Crippen LogP) is 3.60. The minimum atomic E-state index is -0.712. The van der Waals surface area contributed by atoms with Crippen LogP contribution in [0.15, 0.2) is 53.7 Å². The van der Waals surface area contributed by atoms with Crippen molar-refractivity contribution in [2.45, 2.75) is 26.5 Å². The highest BCUT2D eigenvalue weighted by molar-refractivity contribution is 5.95. The molecule has 0 bridgehead atoms. The molecule has 1 aliphatic rings. The highest BCUT2D eigenvalue weighted by atomic mass is 19.1. The van der Waals surface area contributed by atoms with E-state index in [1.807, 2.05) is 0 Å². The number of allylic oxidation sites excluding steroid dienone is 1. The van der Waals surface area contributed by atoms with E-state index in [0.717, 1.165) is 0 Å². The largest absolute Gasteiger partial charge is 0.496 e. The van der Waals surface area contributed by atoms with Gasteiger partial charge in [0.1, 0.15) is 12.4 Å². The second kappa shape index (κ2) is 9.30. The fourth-order valence-corrected chi connectivity index (χ4v) is 3.23. The van der Waals surface area contributed by atoms with Gasteiger partial charge in [-0.15, -0.1) is 0 Å². The Bertz CT molecular complexity index is 989. The smallest absolute Gasteiger partial charge is 0.338 e. The minimum Gasteiger partial charge on any atom is -0.496 e. The molecule has 30 heavy (non-hydrogen) atoms. The molecule has 2 amide bonds. The summed E-state index contributed by atoms with van der Waals surface area (Å²) in [5, 5.41) is 5.35. The number of carbonyl (C=O) groups excluding carboxylic acids is 2. The predicted molar refractivity (Wildman–Crippen MR) is 107 cm³/mol. The average molecular weight is 414 g/mol. The Balaban J connectivity index is 1.94. The highest BCUT2D eigenvalue weighted by Gasteiger charge is 2.32. The van der Waals surface area contributed by atoms with Crippen molar-refractivity contribution in [2.24, 2.45) is 0 Å². The van der Waals surface area contributed by atoms with Crippen LogP contribution in [0.4, 0.5) is 9.18 Å². The van der Waals surface area contributed by atoms with Crippen molar-refractivity contribution < 1.29 is 28.2 Å². The molecular weight excluding hydrogens is 391 g/mol. The van der Waals surface area contributed by atoms with Crippen LogP contribution < -0.4 is 20.1 Å². The number of urea groups is 1. The number of nitrogens with one attached hydrogen (secondary N) is 2. The van der Waals surface area contributed by atoms with Crippen LogP contribution in [0, 0.1) is 5.82 Å². The van der Waals surface area contributed by atoms with Gasteiger partial charge in [0, 0.05) is 11.3 Å². The maximum atomic E-state index is 13.9. The molecule has 1 atom stereocenters. The number of carbonyl (C=O) groups is 2. The molecule has 7 nitrogen and oxygen atoms in total. The van der Waals surface area contributed by atoms with Gasteiger partial charge in [-0.05, 0) is 43.7 Å². The first-order valence-electron chi connectivity index (χ1n) is 9.44. The van der Waals surface area contributed by atoms with Crippen molar-refractivity contribution in [1.29, 1.82) is 0 Å². The Morgan fingerprint density at radius 3 is 2.63 bits per heavy atom. The quantitative estimate of drug-likeness (QED) is 0.676. The van der Waals surface area contributed by atoms with Gasteiger partial charge in [-0.25, -0.2) is 14.0 Å². The van der Waals surface area contributed by atoms with Crippen molar-refractivity contribution >= 4 is 12.0 Å². The molecule has 0 fully saturated rings. The van der Waals surface area contributed by atoms with E-state index in [2.05, 4.69) is 10.6 Å². The van der Waals surface area contributed by atoms with Crippen LogP contribution in [0.1, 0.15) is 31.0 Å². The summed E-state index contributed by atoms with van der Waals surface area (Å²) in [4.78, 5) is 24.5. The summed E-state index contributed by atoms with van der Waals surface area (Å²) in [6, 6.07) is 10.2. The lowest BCUT2D eigenvalue weighted by molar-refractivity contribution is -0.139. The number of benzene rings is 2. The minimum absolute atomic E-state index is 0.0360. The van der Waals surface area contributed by atoms with Crippen LogP contribution in [0.2, 0.25) is 0 Å². The van der Waals surface area contributed by atoms with E-state index in [4.69, 9.17) is 14.2 Å². The standard InChI is InChI=1S/C22H23FN2O5/c1-4-29-21(26)19-13(2)24-22(27)25-20(19)14-9-10-17(28-3)15(11-14)12-30-18-8-6-5-7-16(18)23/h5-11,20H,4,12H2,1-3H3,(H2,24,25,27)/t20-/m1/s1.